The highest BCUT2D eigenvalue weighted by Crippen LogP contribution is 2.35. The molecular formula is C27H22BrClN2O5S. The fourth-order valence-corrected chi connectivity index (χ4v) is 4.85. The summed E-state index contributed by atoms with van der Waals surface area (Å²) in [4.78, 5) is 39.3. The van der Waals surface area contributed by atoms with Crippen LogP contribution in [0.1, 0.15) is 16.7 Å². The predicted octanol–water partition coefficient (Wildman–Crippen LogP) is 6.67. The summed E-state index contributed by atoms with van der Waals surface area (Å²) in [5.41, 5.74) is 3.14. The van der Waals surface area contributed by atoms with Crippen LogP contribution in [-0.2, 0) is 16.1 Å². The van der Waals surface area contributed by atoms with Gasteiger partial charge in [0.15, 0.2) is 18.1 Å². The first-order valence-electron chi connectivity index (χ1n) is 11.1. The van der Waals surface area contributed by atoms with Crippen LogP contribution < -0.4 is 14.8 Å². The van der Waals surface area contributed by atoms with Crippen molar-refractivity contribution in [3.63, 3.8) is 0 Å². The summed E-state index contributed by atoms with van der Waals surface area (Å²) >= 11 is 10.3. The van der Waals surface area contributed by atoms with E-state index in [-0.39, 0.29) is 30.2 Å². The van der Waals surface area contributed by atoms with Gasteiger partial charge in [0, 0.05) is 10.2 Å². The Morgan fingerprint density at radius 3 is 2.65 bits per heavy atom. The number of hydrogen-bond donors (Lipinski definition) is 1. The SMILES string of the molecule is COc1cc(/C=C2/SC(=O)N(Cc3cccc(C)c3)C2=O)ccc1OCC(=O)Nc1ccc(Br)c(Cl)c1. The Balaban J connectivity index is 1.41. The molecule has 190 valence electrons. The molecule has 1 fully saturated rings. The number of hydrogen-bond acceptors (Lipinski definition) is 6. The van der Waals surface area contributed by atoms with Crippen LogP contribution in [-0.4, -0.2) is 35.7 Å². The molecule has 3 amide bonds. The number of rotatable bonds is 8. The van der Waals surface area contributed by atoms with E-state index in [1.165, 1.54) is 12.0 Å². The van der Waals surface area contributed by atoms with Gasteiger partial charge in [0.2, 0.25) is 0 Å². The number of carbonyl (C=O) groups is 3. The average Bonchev–Trinajstić information content (AvgIpc) is 3.12. The highest BCUT2D eigenvalue weighted by atomic mass is 79.9. The van der Waals surface area contributed by atoms with Gasteiger partial charge in [-0.25, -0.2) is 0 Å². The molecule has 10 heteroatoms. The van der Waals surface area contributed by atoms with E-state index in [9.17, 15) is 14.4 Å². The molecule has 1 N–H and O–H groups in total. The van der Waals surface area contributed by atoms with Crippen LogP contribution in [0.25, 0.3) is 6.08 Å². The second-order valence-electron chi connectivity index (χ2n) is 8.13. The number of ether oxygens (including phenoxy) is 2. The first-order chi connectivity index (χ1) is 17.7. The summed E-state index contributed by atoms with van der Waals surface area (Å²) in [7, 11) is 1.48. The maximum Gasteiger partial charge on any atom is 0.293 e. The van der Waals surface area contributed by atoms with Gasteiger partial charge in [-0.1, -0.05) is 47.5 Å². The van der Waals surface area contributed by atoms with Crippen LogP contribution in [0.4, 0.5) is 10.5 Å². The van der Waals surface area contributed by atoms with Crippen LogP contribution in [0.5, 0.6) is 11.5 Å². The fraction of sp³-hybridized carbons (Fsp3) is 0.148. The number of imide groups is 1. The van der Waals surface area contributed by atoms with E-state index in [1.807, 2.05) is 31.2 Å². The molecule has 3 aromatic rings. The van der Waals surface area contributed by atoms with Gasteiger partial charge in [-0.05, 0) is 82.2 Å². The van der Waals surface area contributed by atoms with Crippen LogP contribution in [0.15, 0.2) is 70.0 Å². The van der Waals surface area contributed by atoms with Gasteiger partial charge in [0.05, 0.1) is 23.6 Å². The Morgan fingerprint density at radius 2 is 1.92 bits per heavy atom. The quantitative estimate of drug-likeness (QED) is 0.290. The van der Waals surface area contributed by atoms with Crippen molar-refractivity contribution in [3.8, 4) is 11.5 Å². The van der Waals surface area contributed by atoms with Gasteiger partial charge in [-0.3, -0.25) is 19.3 Å². The van der Waals surface area contributed by atoms with E-state index in [4.69, 9.17) is 21.1 Å². The molecule has 4 rings (SSSR count). The zero-order valence-corrected chi connectivity index (χ0v) is 23.1. The molecule has 7 nitrogen and oxygen atoms in total. The van der Waals surface area contributed by atoms with Gasteiger partial charge in [-0.2, -0.15) is 0 Å². The summed E-state index contributed by atoms with van der Waals surface area (Å²) in [5.74, 6) is 0.0238. The monoisotopic (exact) mass is 600 g/mol. The number of methoxy groups -OCH3 is 1. The predicted molar refractivity (Wildman–Crippen MR) is 149 cm³/mol. The largest absolute Gasteiger partial charge is 0.493 e. The number of nitrogens with one attached hydrogen (secondary N) is 1. The lowest BCUT2D eigenvalue weighted by molar-refractivity contribution is -0.123. The molecule has 0 aliphatic carbocycles. The van der Waals surface area contributed by atoms with E-state index < -0.39 is 0 Å². The number of benzene rings is 3. The molecule has 0 bridgehead atoms. The molecule has 1 aliphatic rings. The Bertz CT molecular complexity index is 1410. The van der Waals surface area contributed by atoms with Gasteiger partial charge < -0.3 is 14.8 Å². The Kier molecular flexibility index (Phi) is 8.58. The number of amides is 3. The lowest BCUT2D eigenvalue weighted by Gasteiger charge is -2.13. The number of nitrogens with zero attached hydrogens (tertiary/aromatic N) is 1. The molecule has 0 unspecified atom stereocenters. The van der Waals surface area contributed by atoms with Crippen molar-refractivity contribution < 1.29 is 23.9 Å². The Hall–Kier alpha value is -3.27. The molecule has 1 saturated heterocycles. The van der Waals surface area contributed by atoms with Gasteiger partial charge in [0.1, 0.15) is 0 Å². The lowest BCUT2D eigenvalue weighted by Crippen LogP contribution is -2.27. The number of thioether (sulfide) groups is 1. The van der Waals surface area contributed by atoms with Crippen molar-refractivity contribution in [2.24, 2.45) is 0 Å². The Morgan fingerprint density at radius 1 is 1.11 bits per heavy atom. The van der Waals surface area contributed by atoms with E-state index in [2.05, 4.69) is 21.2 Å². The zero-order valence-electron chi connectivity index (χ0n) is 19.9. The van der Waals surface area contributed by atoms with Crippen LogP contribution in [0.2, 0.25) is 5.02 Å². The fourth-order valence-electron chi connectivity index (χ4n) is 3.59. The molecule has 37 heavy (non-hydrogen) atoms. The van der Waals surface area contributed by atoms with Crippen LogP contribution in [0, 0.1) is 6.92 Å². The maximum atomic E-state index is 12.9. The molecule has 1 aliphatic heterocycles. The van der Waals surface area contributed by atoms with E-state index in [1.54, 1.807) is 42.5 Å². The Labute approximate surface area is 231 Å². The topological polar surface area (TPSA) is 84.9 Å². The molecule has 0 spiro atoms. The van der Waals surface area contributed by atoms with Gasteiger partial charge in [-0.15, -0.1) is 0 Å². The number of halogens is 2. The third-order valence-electron chi connectivity index (χ3n) is 5.34. The number of anilines is 1. The van der Waals surface area contributed by atoms with Gasteiger partial charge >= 0.3 is 0 Å². The van der Waals surface area contributed by atoms with Crippen LogP contribution in [0.3, 0.4) is 0 Å². The van der Waals surface area contributed by atoms with Crippen molar-refractivity contribution in [1.82, 2.24) is 4.90 Å². The maximum absolute atomic E-state index is 12.9. The molecule has 3 aromatic carbocycles. The third-order valence-corrected chi connectivity index (χ3v) is 7.48. The van der Waals surface area contributed by atoms with Crippen molar-refractivity contribution in [1.29, 1.82) is 0 Å². The minimum atomic E-state index is -0.369. The van der Waals surface area contributed by atoms with E-state index >= 15 is 0 Å². The molecule has 1 heterocycles. The van der Waals surface area contributed by atoms with Crippen molar-refractivity contribution in [3.05, 3.63) is 91.8 Å². The standard InChI is InChI=1S/C27H22BrClN2O5S/c1-16-4-3-5-18(10-16)14-31-26(33)24(37-27(31)34)12-17-6-9-22(23(11-17)35-2)36-15-25(32)30-19-7-8-20(28)21(29)13-19/h3-13H,14-15H2,1-2H3,(H,30,32)/b24-12+. The smallest absolute Gasteiger partial charge is 0.293 e. The molecular weight excluding hydrogens is 580 g/mol. The minimum Gasteiger partial charge on any atom is -0.493 e. The molecule has 0 radical (unpaired) electrons. The first-order valence-corrected chi connectivity index (χ1v) is 13.1. The summed E-state index contributed by atoms with van der Waals surface area (Å²) in [6, 6.07) is 17.8. The van der Waals surface area contributed by atoms with Crippen molar-refractivity contribution in [2.45, 2.75) is 13.5 Å². The van der Waals surface area contributed by atoms with Crippen LogP contribution >= 0.6 is 39.3 Å². The summed E-state index contributed by atoms with van der Waals surface area (Å²) in [6.45, 7) is 1.93. The zero-order chi connectivity index (χ0) is 26.5. The highest BCUT2D eigenvalue weighted by molar-refractivity contribution is 9.10. The molecule has 0 atom stereocenters. The number of aryl methyl sites for hydroxylation is 1. The third kappa shape index (κ3) is 6.74. The first kappa shape index (κ1) is 26.8. The highest BCUT2D eigenvalue weighted by Gasteiger charge is 2.35. The average molecular weight is 602 g/mol. The number of carbonyl (C=O) groups excluding carboxylic acids is 3. The van der Waals surface area contributed by atoms with E-state index in [0.717, 1.165) is 27.4 Å². The summed E-state index contributed by atoms with van der Waals surface area (Å²) in [5, 5.41) is 2.87. The second kappa shape index (κ2) is 11.9. The van der Waals surface area contributed by atoms with E-state index in [0.29, 0.717) is 32.7 Å². The normalized spacial score (nSPS) is 14.3. The molecule has 0 aromatic heterocycles. The molecule has 0 saturated carbocycles. The van der Waals surface area contributed by atoms with Crippen molar-refractivity contribution in [2.75, 3.05) is 19.0 Å². The summed E-state index contributed by atoms with van der Waals surface area (Å²) < 4.78 is 11.8. The second-order valence-corrected chi connectivity index (χ2v) is 10.4. The lowest BCUT2D eigenvalue weighted by atomic mass is 10.1. The van der Waals surface area contributed by atoms with Crippen molar-refractivity contribution >= 4 is 68.1 Å². The van der Waals surface area contributed by atoms with Gasteiger partial charge in [0.25, 0.3) is 17.1 Å². The summed E-state index contributed by atoms with van der Waals surface area (Å²) in [6.07, 6.45) is 1.64. The minimum absolute atomic E-state index is 0.217.